The first-order valence-electron chi connectivity index (χ1n) is 8.54. The van der Waals surface area contributed by atoms with Crippen LogP contribution in [0.5, 0.6) is 0 Å². The number of aryl methyl sites for hydroxylation is 1. The Morgan fingerprint density at radius 1 is 1.04 bits per heavy atom. The minimum absolute atomic E-state index is 0.220. The Morgan fingerprint density at radius 3 is 2.32 bits per heavy atom. The summed E-state index contributed by atoms with van der Waals surface area (Å²) < 4.78 is 40.4. The van der Waals surface area contributed by atoms with Crippen molar-refractivity contribution < 1.29 is 12.8 Å². The van der Waals surface area contributed by atoms with Gasteiger partial charge in [-0.15, -0.1) is 11.3 Å². The summed E-state index contributed by atoms with van der Waals surface area (Å²) in [6.07, 6.45) is 1.70. The molecule has 1 saturated heterocycles. The Balaban J connectivity index is 1.53. The quantitative estimate of drug-likeness (QED) is 0.771. The number of thiophene rings is 1. The second kappa shape index (κ2) is 7.95. The second-order valence-corrected chi connectivity index (χ2v) is 9.53. The van der Waals surface area contributed by atoms with Gasteiger partial charge in [-0.2, -0.15) is 4.31 Å². The molecule has 2 aromatic rings. The molecule has 0 atom stereocenters. The van der Waals surface area contributed by atoms with Crippen LogP contribution in [-0.4, -0.2) is 50.3 Å². The summed E-state index contributed by atoms with van der Waals surface area (Å²) in [4.78, 5) is 3.36. The number of nitrogens with zero attached hydrogens (tertiary/aromatic N) is 2. The first-order valence-corrected chi connectivity index (χ1v) is 10.8. The van der Waals surface area contributed by atoms with Crippen LogP contribution in [-0.2, 0) is 22.9 Å². The Bertz CT molecular complexity index is 795. The van der Waals surface area contributed by atoms with Gasteiger partial charge in [0.2, 0.25) is 0 Å². The predicted molar refractivity (Wildman–Crippen MR) is 99.0 cm³/mol. The smallest absolute Gasteiger partial charge is 0.252 e. The highest BCUT2D eigenvalue weighted by Crippen LogP contribution is 2.26. The maximum Gasteiger partial charge on any atom is 0.252 e. The van der Waals surface area contributed by atoms with Crippen molar-refractivity contribution in [2.75, 3.05) is 32.7 Å². The Kier molecular flexibility index (Phi) is 5.89. The molecule has 4 nitrogen and oxygen atoms in total. The molecule has 136 valence electrons. The summed E-state index contributed by atoms with van der Waals surface area (Å²) in [5, 5.41) is 0. The van der Waals surface area contributed by atoms with E-state index < -0.39 is 10.0 Å². The molecule has 1 fully saturated rings. The SMILES string of the molecule is CCc1ccc(S(=O)(=O)N2CCN(CCc3ccc(F)cc3)CC2)s1. The van der Waals surface area contributed by atoms with Gasteiger partial charge in [0.05, 0.1) is 0 Å². The molecule has 0 bridgehead atoms. The van der Waals surface area contributed by atoms with Crippen LogP contribution in [0.25, 0.3) is 0 Å². The zero-order chi connectivity index (χ0) is 17.9. The summed E-state index contributed by atoms with van der Waals surface area (Å²) in [6, 6.07) is 10.2. The molecule has 0 aliphatic carbocycles. The molecule has 1 aromatic heterocycles. The number of sulfonamides is 1. The normalized spacial score (nSPS) is 17.0. The van der Waals surface area contributed by atoms with Crippen molar-refractivity contribution >= 4 is 21.4 Å². The molecule has 0 spiro atoms. The van der Waals surface area contributed by atoms with Crippen LogP contribution in [0.3, 0.4) is 0 Å². The van der Waals surface area contributed by atoms with E-state index >= 15 is 0 Å². The first kappa shape index (κ1) is 18.5. The van der Waals surface area contributed by atoms with Crippen LogP contribution in [0.15, 0.2) is 40.6 Å². The number of hydrogen-bond acceptors (Lipinski definition) is 4. The molecule has 3 rings (SSSR count). The summed E-state index contributed by atoms with van der Waals surface area (Å²) in [5.41, 5.74) is 1.10. The third-order valence-corrected chi connectivity index (χ3v) is 8.14. The molecule has 1 aliphatic rings. The number of rotatable bonds is 6. The highest BCUT2D eigenvalue weighted by Gasteiger charge is 2.29. The van der Waals surface area contributed by atoms with E-state index in [1.807, 2.05) is 13.0 Å². The van der Waals surface area contributed by atoms with Crippen molar-refractivity contribution in [1.82, 2.24) is 9.21 Å². The van der Waals surface area contributed by atoms with Gasteiger partial charge in [-0.05, 0) is 42.7 Å². The molecule has 0 radical (unpaired) electrons. The third-order valence-electron chi connectivity index (χ3n) is 4.54. The van der Waals surface area contributed by atoms with Crippen LogP contribution >= 0.6 is 11.3 Å². The first-order chi connectivity index (χ1) is 12.0. The standard InChI is InChI=1S/C18H23FN2O2S2/c1-2-17-7-8-18(24-17)25(22,23)21-13-11-20(12-14-21)10-9-15-3-5-16(19)6-4-15/h3-8H,2,9-14H2,1H3. The fourth-order valence-corrected chi connectivity index (χ4v) is 5.82. The summed E-state index contributed by atoms with van der Waals surface area (Å²) in [5.74, 6) is -0.220. The lowest BCUT2D eigenvalue weighted by atomic mass is 10.1. The minimum Gasteiger partial charge on any atom is -0.300 e. The highest BCUT2D eigenvalue weighted by molar-refractivity contribution is 7.91. The number of hydrogen-bond donors (Lipinski definition) is 0. The molecule has 0 unspecified atom stereocenters. The van der Waals surface area contributed by atoms with Gasteiger partial charge < -0.3 is 4.90 Å². The van der Waals surface area contributed by atoms with E-state index in [1.165, 1.54) is 23.5 Å². The average Bonchev–Trinajstić information content (AvgIpc) is 3.12. The number of halogens is 1. The van der Waals surface area contributed by atoms with Gasteiger partial charge in [-0.25, -0.2) is 12.8 Å². The highest BCUT2D eigenvalue weighted by atomic mass is 32.2. The number of piperazine rings is 1. The lowest BCUT2D eigenvalue weighted by Gasteiger charge is -2.33. The molecule has 1 aromatic carbocycles. The molecule has 7 heteroatoms. The van der Waals surface area contributed by atoms with Gasteiger partial charge in [-0.3, -0.25) is 0 Å². The fraction of sp³-hybridized carbons (Fsp3) is 0.444. The maximum atomic E-state index is 12.9. The van der Waals surface area contributed by atoms with Crippen LogP contribution in [0, 0.1) is 5.82 Å². The molecule has 1 aliphatic heterocycles. The lowest BCUT2D eigenvalue weighted by molar-refractivity contribution is 0.190. The van der Waals surface area contributed by atoms with E-state index in [-0.39, 0.29) is 5.82 Å². The molecule has 25 heavy (non-hydrogen) atoms. The van der Waals surface area contributed by atoms with Crippen molar-refractivity contribution in [3.8, 4) is 0 Å². The van der Waals surface area contributed by atoms with E-state index in [2.05, 4.69) is 4.90 Å². The molecule has 2 heterocycles. The van der Waals surface area contributed by atoms with Gasteiger partial charge in [0.25, 0.3) is 10.0 Å². The minimum atomic E-state index is -3.36. The lowest BCUT2D eigenvalue weighted by Crippen LogP contribution is -2.48. The zero-order valence-electron chi connectivity index (χ0n) is 14.3. The van der Waals surface area contributed by atoms with E-state index in [0.29, 0.717) is 17.3 Å². The van der Waals surface area contributed by atoms with E-state index in [9.17, 15) is 12.8 Å². The van der Waals surface area contributed by atoms with Crippen LogP contribution in [0.4, 0.5) is 4.39 Å². The maximum absolute atomic E-state index is 12.9. The molecule has 0 saturated carbocycles. The van der Waals surface area contributed by atoms with Gasteiger partial charge in [0.1, 0.15) is 10.0 Å². The molecule has 0 amide bonds. The van der Waals surface area contributed by atoms with Crippen molar-refractivity contribution in [2.45, 2.75) is 24.0 Å². The van der Waals surface area contributed by atoms with Crippen molar-refractivity contribution in [2.24, 2.45) is 0 Å². The van der Waals surface area contributed by atoms with Crippen LogP contribution < -0.4 is 0 Å². The molecular formula is C18H23FN2O2S2. The van der Waals surface area contributed by atoms with Gasteiger partial charge >= 0.3 is 0 Å². The topological polar surface area (TPSA) is 40.6 Å². The largest absolute Gasteiger partial charge is 0.300 e. The van der Waals surface area contributed by atoms with Gasteiger partial charge in [0.15, 0.2) is 0 Å². The Labute approximate surface area is 152 Å². The zero-order valence-corrected chi connectivity index (χ0v) is 16.0. The third kappa shape index (κ3) is 4.47. The van der Waals surface area contributed by atoms with Crippen LogP contribution in [0.1, 0.15) is 17.4 Å². The Morgan fingerprint density at radius 2 is 1.72 bits per heavy atom. The van der Waals surface area contributed by atoms with Crippen molar-refractivity contribution in [1.29, 1.82) is 0 Å². The summed E-state index contributed by atoms with van der Waals surface area (Å²) >= 11 is 1.37. The fourth-order valence-electron chi connectivity index (χ4n) is 2.95. The second-order valence-electron chi connectivity index (χ2n) is 6.20. The monoisotopic (exact) mass is 382 g/mol. The number of benzene rings is 1. The van der Waals surface area contributed by atoms with Gasteiger partial charge in [-0.1, -0.05) is 19.1 Å². The average molecular weight is 383 g/mol. The predicted octanol–water partition coefficient (Wildman–Crippen LogP) is 3.00. The molecular weight excluding hydrogens is 359 g/mol. The van der Waals surface area contributed by atoms with E-state index in [4.69, 9.17) is 0 Å². The van der Waals surface area contributed by atoms with E-state index in [0.717, 1.165) is 42.9 Å². The van der Waals surface area contributed by atoms with E-state index in [1.54, 1.807) is 22.5 Å². The van der Waals surface area contributed by atoms with Crippen molar-refractivity contribution in [3.05, 3.63) is 52.7 Å². The van der Waals surface area contributed by atoms with Crippen LogP contribution in [0.2, 0.25) is 0 Å². The summed E-state index contributed by atoms with van der Waals surface area (Å²) in [6.45, 7) is 5.38. The van der Waals surface area contributed by atoms with Gasteiger partial charge in [0, 0.05) is 37.6 Å². The van der Waals surface area contributed by atoms with Crippen molar-refractivity contribution in [3.63, 3.8) is 0 Å². The Hall–Kier alpha value is -1.28. The summed E-state index contributed by atoms with van der Waals surface area (Å²) in [7, 11) is -3.36. The molecule has 0 N–H and O–H groups in total.